The van der Waals surface area contributed by atoms with Crippen LogP contribution in [0.2, 0.25) is 0 Å². The van der Waals surface area contributed by atoms with Gasteiger partial charge in [0, 0.05) is 19.0 Å². The largest absolute Gasteiger partial charge is 0.369 e. The zero-order chi connectivity index (χ0) is 11.8. The topological polar surface area (TPSA) is 20.3 Å². The molecule has 0 aliphatic carbocycles. The zero-order valence-corrected chi connectivity index (χ0v) is 9.53. The van der Waals surface area contributed by atoms with Gasteiger partial charge < -0.3 is 4.90 Å². The van der Waals surface area contributed by atoms with Crippen molar-refractivity contribution < 1.29 is 9.18 Å². The van der Waals surface area contributed by atoms with Crippen LogP contribution in [0.25, 0.3) is 6.08 Å². The Morgan fingerprint density at radius 3 is 2.41 bits per heavy atom. The number of benzene rings is 1. The van der Waals surface area contributed by atoms with Gasteiger partial charge in [-0.2, -0.15) is 0 Å². The molecule has 17 heavy (non-hydrogen) atoms. The number of allylic oxidation sites excluding steroid dienone is 1. The number of piperidine rings is 3. The van der Waals surface area contributed by atoms with Crippen LogP contribution in [0.4, 0.5) is 4.39 Å². The van der Waals surface area contributed by atoms with Gasteiger partial charge in [0.25, 0.3) is 0 Å². The maximum absolute atomic E-state index is 12.8. The summed E-state index contributed by atoms with van der Waals surface area (Å²) in [5, 5.41) is 0. The molecule has 88 valence electrons. The van der Waals surface area contributed by atoms with Gasteiger partial charge >= 0.3 is 0 Å². The maximum Gasteiger partial charge on any atom is 0.182 e. The van der Waals surface area contributed by atoms with E-state index in [4.69, 9.17) is 0 Å². The number of carbonyl (C=O) groups is 1. The summed E-state index contributed by atoms with van der Waals surface area (Å²) in [5.41, 5.74) is 1.70. The Hall–Kier alpha value is -1.64. The molecular weight excluding hydrogens is 217 g/mol. The number of hydrogen-bond donors (Lipinski definition) is 0. The molecule has 3 aliphatic rings. The molecule has 1 aromatic carbocycles. The Labute approximate surface area is 99.7 Å². The van der Waals surface area contributed by atoms with E-state index in [-0.39, 0.29) is 17.5 Å². The molecule has 0 saturated carbocycles. The lowest BCUT2D eigenvalue weighted by atomic mass is 9.84. The van der Waals surface area contributed by atoms with Gasteiger partial charge in [0.1, 0.15) is 5.82 Å². The average molecular weight is 231 g/mol. The van der Waals surface area contributed by atoms with E-state index >= 15 is 0 Å². The first-order valence-corrected chi connectivity index (χ1v) is 6.00. The minimum absolute atomic E-state index is 0.215. The molecule has 0 N–H and O–H groups in total. The molecule has 2 nitrogen and oxygen atoms in total. The van der Waals surface area contributed by atoms with Gasteiger partial charge in [-0.1, -0.05) is 12.1 Å². The van der Waals surface area contributed by atoms with E-state index in [0.717, 1.165) is 37.2 Å². The highest BCUT2D eigenvalue weighted by Crippen LogP contribution is 2.32. The summed E-state index contributed by atoms with van der Waals surface area (Å²) in [6, 6.07) is 6.26. The van der Waals surface area contributed by atoms with E-state index in [1.54, 1.807) is 12.1 Å². The van der Waals surface area contributed by atoms with Crippen LogP contribution in [0.5, 0.6) is 0 Å². The predicted octanol–water partition coefficient (Wildman–Crippen LogP) is 2.46. The second-order valence-electron chi connectivity index (χ2n) is 4.71. The van der Waals surface area contributed by atoms with Crippen molar-refractivity contribution >= 4 is 11.9 Å². The first-order valence-electron chi connectivity index (χ1n) is 6.00. The third kappa shape index (κ3) is 1.86. The van der Waals surface area contributed by atoms with Gasteiger partial charge in [-0.3, -0.25) is 4.79 Å². The molecule has 0 amide bonds. The highest BCUT2D eigenvalue weighted by molar-refractivity contribution is 6.01. The smallest absolute Gasteiger partial charge is 0.182 e. The summed E-state index contributed by atoms with van der Waals surface area (Å²) in [6.45, 7) is 1.95. The van der Waals surface area contributed by atoms with Crippen LogP contribution in [0.1, 0.15) is 18.4 Å². The molecule has 0 aromatic heterocycles. The highest BCUT2D eigenvalue weighted by Gasteiger charge is 2.36. The van der Waals surface area contributed by atoms with Gasteiger partial charge in [0.15, 0.2) is 5.78 Å². The predicted molar refractivity (Wildman–Crippen MR) is 63.7 cm³/mol. The van der Waals surface area contributed by atoms with Gasteiger partial charge in [0.2, 0.25) is 0 Å². The molecule has 0 radical (unpaired) electrons. The van der Waals surface area contributed by atoms with E-state index in [1.165, 1.54) is 12.1 Å². The van der Waals surface area contributed by atoms with Crippen molar-refractivity contribution in [3.05, 3.63) is 41.3 Å². The summed E-state index contributed by atoms with van der Waals surface area (Å²) in [5.74, 6) is 0.225. The van der Waals surface area contributed by atoms with Gasteiger partial charge in [-0.05, 0) is 36.6 Å². The Kier molecular flexibility index (Phi) is 2.46. The molecular formula is C14H14FNO. The zero-order valence-electron chi connectivity index (χ0n) is 9.53. The normalized spacial score (nSPS) is 22.5. The Balaban J connectivity index is 1.93. The van der Waals surface area contributed by atoms with Crippen molar-refractivity contribution in [2.75, 3.05) is 13.1 Å². The number of rotatable bonds is 1. The minimum Gasteiger partial charge on any atom is -0.369 e. The van der Waals surface area contributed by atoms with Crippen LogP contribution < -0.4 is 0 Å². The average Bonchev–Trinajstić information content (AvgIpc) is 2.37. The van der Waals surface area contributed by atoms with Crippen molar-refractivity contribution in [2.45, 2.75) is 12.8 Å². The second-order valence-corrected chi connectivity index (χ2v) is 4.71. The molecule has 3 fully saturated rings. The second kappa shape index (κ2) is 3.99. The lowest BCUT2D eigenvalue weighted by Crippen LogP contribution is -2.45. The van der Waals surface area contributed by atoms with E-state index in [9.17, 15) is 9.18 Å². The SMILES string of the molecule is O=C1/C(=C\c2ccc(F)cc2)N2CCC1CC2. The van der Waals surface area contributed by atoms with E-state index < -0.39 is 0 Å². The molecule has 1 aromatic rings. The number of ketones is 1. The van der Waals surface area contributed by atoms with Crippen LogP contribution in [0.3, 0.4) is 0 Å². The number of Topliss-reactive ketones (excluding diaryl/α,β-unsaturated/α-hetero) is 1. The van der Waals surface area contributed by atoms with Crippen molar-refractivity contribution in [1.82, 2.24) is 4.90 Å². The highest BCUT2D eigenvalue weighted by atomic mass is 19.1. The van der Waals surface area contributed by atoms with Crippen molar-refractivity contribution in [3.8, 4) is 0 Å². The quantitative estimate of drug-likeness (QED) is 0.692. The Morgan fingerprint density at radius 2 is 1.82 bits per heavy atom. The Morgan fingerprint density at radius 1 is 1.18 bits per heavy atom. The number of fused-ring (bicyclic) bond motifs is 3. The fraction of sp³-hybridized carbons (Fsp3) is 0.357. The van der Waals surface area contributed by atoms with Crippen LogP contribution >= 0.6 is 0 Å². The molecule has 3 heterocycles. The summed E-state index contributed by atoms with van der Waals surface area (Å²) in [7, 11) is 0. The van der Waals surface area contributed by atoms with Crippen LogP contribution in [-0.4, -0.2) is 23.8 Å². The van der Waals surface area contributed by atoms with Crippen molar-refractivity contribution in [3.63, 3.8) is 0 Å². The van der Waals surface area contributed by atoms with Crippen LogP contribution in [0, 0.1) is 11.7 Å². The first-order chi connectivity index (χ1) is 8.24. The fourth-order valence-electron chi connectivity index (χ4n) is 2.63. The number of carbonyl (C=O) groups excluding carboxylic acids is 1. The first kappa shape index (κ1) is 10.5. The molecule has 2 bridgehead atoms. The fourth-order valence-corrected chi connectivity index (χ4v) is 2.63. The molecule has 0 atom stereocenters. The van der Waals surface area contributed by atoms with E-state index in [1.807, 2.05) is 6.08 Å². The third-order valence-corrected chi connectivity index (χ3v) is 3.63. The van der Waals surface area contributed by atoms with Crippen LogP contribution in [0.15, 0.2) is 30.0 Å². The Bertz CT molecular complexity index is 470. The number of nitrogens with zero attached hydrogens (tertiary/aromatic N) is 1. The van der Waals surface area contributed by atoms with Crippen molar-refractivity contribution in [1.29, 1.82) is 0 Å². The van der Waals surface area contributed by atoms with Crippen LogP contribution in [-0.2, 0) is 4.79 Å². The van der Waals surface area contributed by atoms with Gasteiger partial charge in [0.05, 0.1) is 5.70 Å². The summed E-state index contributed by atoms with van der Waals surface area (Å²) in [4.78, 5) is 14.2. The minimum atomic E-state index is -0.246. The molecule has 3 aliphatic heterocycles. The summed E-state index contributed by atoms with van der Waals surface area (Å²) < 4.78 is 12.8. The molecule has 4 rings (SSSR count). The van der Waals surface area contributed by atoms with Gasteiger partial charge in [-0.25, -0.2) is 4.39 Å². The lowest BCUT2D eigenvalue weighted by molar-refractivity contribution is -0.125. The monoisotopic (exact) mass is 231 g/mol. The third-order valence-electron chi connectivity index (χ3n) is 3.63. The molecule has 3 heteroatoms. The maximum atomic E-state index is 12.8. The molecule has 0 unspecified atom stereocenters. The summed E-state index contributed by atoms with van der Waals surface area (Å²) in [6.07, 6.45) is 3.85. The molecule has 3 saturated heterocycles. The summed E-state index contributed by atoms with van der Waals surface area (Å²) >= 11 is 0. The standard InChI is InChI=1S/C14H14FNO/c15-12-3-1-10(2-4-12)9-13-14(17)11-5-7-16(13)8-6-11/h1-4,9,11H,5-8H2/b13-9+. The van der Waals surface area contributed by atoms with E-state index in [0.29, 0.717) is 0 Å². The van der Waals surface area contributed by atoms with E-state index in [2.05, 4.69) is 4.90 Å². The van der Waals surface area contributed by atoms with Crippen molar-refractivity contribution in [2.24, 2.45) is 5.92 Å². The lowest BCUT2D eigenvalue weighted by Gasteiger charge is -2.41. The number of halogens is 1. The van der Waals surface area contributed by atoms with Gasteiger partial charge in [-0.15, -0.1) is 0 Å². The number of hydrogen-bond acceptors (Lipinski definition) is 2. The molecule has 0 spiro atoms.